The van der Waals surface area contributed by atoms with E-state index in [0.717, 1.165) is 17.9 Å². The van der Waals surface area contributed by atoms with Crippen molar-refractivity contribution in [3.8, 4) is 0 Å². The first-order valence-corrected chi connectivity index (χ1v) is 10.7. The fraction of sp³-hybridized carbons (Fsp3) is 0.700. The molecule has 0 aliphatic heterocycles. The standard InChI is InChI=1S/C20H33NO7S/c1-7-8-9-10-19(29-6)21-11-12-25-18(13-26-15(3)22)20(28-17(5)24)14(2)27-16(4)23/h7-8,14,18,20H,9-13H2,1-6H3/b8-7?,21-19-/t14-,18-,20+/m1/s1. The lowest BCUT2D eigenvalue weighted by molar-refractivity contribution is -0.182. The molecule has 3 atom stereocenters. The molecular weight excluding hydrogens is 398 g/mol. The van der Waals surface area contributed by atoms with Crippen LogP contribution in [0.3, 0.4) is 0 Å². The van der Waals surface area contributed by atoms with Crippen LogP contribution in [0.2, 0.25) is 0 Å². The Balaban J connectivity index is 5.07. The molecule has 0 amide bonds. The summed E-state index contributed by atoms with van der Waals surface area (Å²) in [5.41, 5.74) is 0. The van der Waals surface area contributed by atoms with E-state index in [1.165, 1.54) is 20.8 Å². The highest BCUT2D eigenvalue weighted by molar-refractivity contribution is 8.13. The second-order valence-corrected chi connectivity index (χ2v) is 7.07. The minimum atomic E-state index is -0.922. The van der Waals surface area contributed by atoms with Crippen LogP contribution in [0.1, 0.15) is 47.5 Å². The monoisotopic (exact) mass is 431 g/mol. The maximum atomic E-state index is 11.5. The quantitative estimate of drug-likeness (QED) is 0.110. The SMILES string of the molecule is CC=CCC/C(=N/CCO[C@H](COC(C)=O)[C@@H](OC(C)=O)[C@@H](C)OC(C)=O)SC. The van der Waals surface area contributed by atoms with E-state index in [1.807, 2.05) is 19.3 Å². The third kappa shape index (κ3) is 13.9. The first-order chi connectivity index (χ1) is 13.7. The predicted octanol–water partition coefficient (Wildman–Crippen LogP) is 2.94. The Labute approximate surface area is 177 Å². The molecule has 9 heteroatoms. The van der Waals surface area contributed by atoms with E-state index < -0.39 is 36.2 Å². The van der Waals surface area contributed by atoms with Crippen molar-refractivity contribution in [1.29, 1.82) is 0 Å². The highest BCUT2D eigenvalue weighted by atomic mass is 32.2. The third-order valence-corrected chi connectivity index (χ3v) is 4.45. The predicted molar refractivity (Wildman–Crippen MR) is 113 cm³/mol. The second-order valence-electron chi connectivity index (χ2n) is 6.19. The van der Waals surface area contributed by atoms with E-state index >= 15 is 0 Å². The Hall–Kier alpha value is -1.87. The number of thioether (sulfide) groups is 1. The molecule has 0 N–H and O–H groups in total. The van der Waals surface area contributed by atoms with Crippen molar-refractivity contribution in [2.75, 3.05) is 26.0 Å². The molecule has 0 aliphatic carbocycles. The Morgan fingerprint density at radius 2 is 1.72 bits per heavy atom. The van der Waals surface area contributed by atoms with Gasteiger partial charge >= 0.3 is 17.9 Å². The Kier molecular flexibility index (Phi) is 15.0. The van der Waals surface area contributed by atoms with Gasteiger partial charge in [-0.25, -0.2) is 0 Å². The van der Waals surface area contributed by atoms with Gasteiger partial charge in [0.25, 0.3) is 0 Å². The minimum absolute atomic E-state index is 0.140. The molecule has 0 aromatic carbocycles. The Bertz CT molecular complexity index is 577. The van der Waals surface area contributed by atoms with Crippen molar-refractivity contribution >= 4 is 34.7 Å². The second kappa shape index (κ2) is 16.0. The number of nitrogens with zero attached hydrogens (tertiary/aromatic N) is 1. The van der Waals surface area contributed by atoms with Gasteiger partial charge in [-0.1, -0.05) is 12.2 Å². The summed E-state index contributed by atoms with van der Waals surface area (Å²) in [6, 6.07) is 0. The topological polar surface area (TPSA) is 100 Å². The highest BCUT2D eigenvalue weighted by Crippen LogP contribution is 2.15. The molecule has 0 unspecified atom stereocenters. The number of ether oxygens (including phenoxy) is 4. The number of allylic oxidation sites excluding steroid dienone is 2. The summed E-state index contributed by atoms with van der Waals surface area (Å²) < 4.78 is 21.3. The molecule has 0 aromatic heterocycles. The van der Waals surface area contributed by atoms with Gasteiger partial charge in [-0.05, 0) is 32.9 Å². The van der Waals surface area contributed by atoms with E-state index in [4.69, 9.17) is 18.9 Å². The van der Waals surface area contributed by atoms with Gasteiger partial charge in [0.05, 0.1) is 18.2 Å². The average molecular weight is 432 g/mol. The first-order valence-electron chi connectivity index (χ1n) is 9.49. The smallest absolute Gasteiger partial charge is 0.303 e. The van der Waals surface area contributed by atoms with Gasteiger partial charge in [0.1, 0.15) is 18.8 Å². The molecule has 0 fully saturated rings. The van der Waals surface area contributed by atoms with Crippen LogP contribution in [-0.4, -0.2) is 67.3 Å². The molecule has 8 nitrogen and oxygen atoms in total. The fourth-order valence-electron chi connectivity index (χ4n) is 2.43. The van der Waals surface area contributed by atoms with Crippen molar-refractivity contribution < 1.29 is 33.3 Å². The van der Waals surface area contributed by atoms with Gasteiger partial charge in [-0.3, -0.25) is 19.4 Å². The molecule has 0 bridgehead atoms. The summed E-state index contributed by atoms with van der Waals surface area (Å²) in [6.07, 6.45) is 5.32. The van der Waals surface area contributed by atoms with Gasteiger partial charge < -0.3 is 18.9 Å². The zero-order chi connectivity index (χ0) is 22.2. The van der Waals surface area contributed by atoms with Crippen molar-refractivity contribution in [3.63, 3.8) is 0 Å². The normalized spacial score (nSPS) is 14.9. The minimum Gasteiger partial charge on any atom is -0.463 e. The van der Waals surface area contributed by atoms with E-state index in [1.54, 1.807) is 18.7 Å². The zero-order valence-electron chi connectivity index (χ0n) is 18.1. The average Bonchev–Trinajstić information content (AvgIpc) is 2.63. The molecule has 0 aromatic rings. The van der Waals surface area contributed by atoms with Gasteiger partial charge in [-0.2, -0.15) is 0 Å². The summed E-state index contributed by atoms with van der Waals surface area (Å²) >= 11 is 1.58. The fourth-order valence-corrected chi connectivity index (χ4v) is 2.97. The number of aliphatic imine (C=N–C) groups is 1. The van der Waals surface area contributed by atoms with Crippen LogP contribution in [0, 0.1) is 0 Å². The molecule has 0 radical (unpaired) electrons. The summed E-state index contributed by atoms with van der Waals surface area (Å²) in [7, 11) is 0. The molecule has 29 heavy (non-hydrogen) atoms. The number of hydrogen-bond donors (Lipinski definition) is 0. The van der Waals surface area contributed by atoms with Crippen LogP contribution < -0.4 is 0 Å². The molecule has 0 saturated heterocycles. The summed E-state index contributed by atoms with van der Waals surface area (Å²) in [5.74, 6) is -1.57. The Morgan fingerprint density at radius 1 is 1.07 bits per heavy atom. The molecule has 0 saturated carbocycles. The van der Waals surface area contributed by atoms with Gasteiger partial charge in [0.2, 0.25) is 0 Å². The number of hydrogen-bond acceptors (Lipinski definition) is 9. The van der Waals surface area contributed by atoms with E-state index in [-0.39, 0.29) is 13.2 Å². The maximum absolute atomic E-state index is 11.5. The molecule has 0 spiro atoms. The van der Waals surface area contributed by atoms with Crippen LogP contribution >= 0.6 is 11.8 Å². The molecule has 166 valence electrons. The number of rotatable bonds is 13. The zero-order valence-corrected chi connectivity index (χ0v) is 19.0. The molecule has 0 rings (SSSR count). The number of carbonyl (C=O) groups is 3. The summed E-state index contributed by atoms with van der Waals surface area (Å²) in [5, 5.41) is 1.01. The number of carbonyl (C=O) groups excluding carboxylic acids is 3. The van der Waals surface area contributed by atoms with Gasteiger partial charge in [0, 0.05) is 20.8 Å². The van der Waals surface area contributed by atoms with Crippen LogP contribution in [0.15, 0.2) is 17.1 Å². The first kappa shape index (κ1) is 27.1. The lowest BCUT2D eigenvalue weighted by Crippen LogP contribution is -2.45. The van der Waals surface area contributed by atoms with Crippen LogP contribution in [0.5, 0.6) is 0 Å². The molecule has 0 heterocycles. The van der Waals surface area contributed by atoms with E-state index in [2.05, 4.69) is 11.1 Å². The van der Waals surface area contributed by atoms with Gasteiger partial charge in [-0.15, -0.1) is 11.8 Å². The van der Waals surface area contributed by atoms with Crippen molar-refractivity contribution in [2.24, 2.45) is 4.99 Å². The van der Waals surface area contributed by atoms with Crippen molar-refractivity contribution in [1.82, 2.24) is 0 Å². The maximum Gasteiger partial charge on any atom is 0.303 e. The van der Waals surface area contributed by atoms with Crippen molar-refractivity contribution in [3.05, 3.63) is 12.2 Å². The summed E-state index contributed by atoms with van der Waals surface area (Å²) in [6.45, 7) is 7.83. The van der Waals surface area contributed by atoms with E-state index in [9.17, 15) is 14.4 Å². The summed E-state index contributed by atoms with van der Waals surface area (Å²) in [4.78, 5) is 38.5. The third-order valence-electron chi connectivity index (χ3n) is 3.64. The highest BCUT2D eigenvalue weighted by Gasteiger charge is 2.33. The van der Waals surface area contributed by atoms with Crippen LogP contribution in [-0.2, 0) is 33.3 Å². The molecular formula is C20H33NO7S. The van der Waals surface area contributed by atoms with E-state index in [0.29, 0.717) is 6.54 Å². The largest absolute Gasteiger partial charge is 0.463 e. The van der Waals surface area contributed by atoms with Gasteiger partial charge in [0.15, 0.2) is 6.10 Å². The number of esters is 3. The van der Waals surface area contributed by atoms with Crippen molar-refractivity contribution in [2.45, 2.75) is 65.8 Å². The lowest BCUT2D eigenvalue weighted by Gasteiger charge is -2.30. The van der Waals surface area contributed by atoms with Crippen LogP contribution in [0.4, 0.5) is 0 Å². The van der Waals surface area contributed by atoms with Crippen LogP contribution in [0.25, 0.3) is 0 Å². The molecule has 0 aliphatic rings. The Morgan fingerprint density at radius 3 is 2.24 bits per heavy atom. The lowest BCUT2D eigenvalue weighted by atomic mass is 10.1.